The molecular formula is C20H15NO2. The molecule has 3 nitrogen and oxygen atoms in total. The molecule has 0 amide bonds. The second-order valence-electron chi connectivity index (χ2n) is 5.48. The summed E-state index contributed by atoms with van der Waals surface area (Å²) in [5, 5.41) is 1.62. The van der Waals surface area contributed by atoms with E-state index in [1.165, 1.54) is 0 Å². The minimum absolute atomic E-state index is 0.0137. The van der Waals surface area contributed by atoms with Crippen LogP contribution >= 0.6 is 0 Å². The molecule has 3 heteroatoms. The van der Waals surface area contributed by atoms with Crippen LogP contribution in [0, 0.1) is 0 Å². The van der Waals surface area contributed by atoms with E-state index in [-0.39, 0.29) is 5.56 Å². The Morgan fingerprint density at radius 3 is 2.30 bits per heavy atom. The largest absolute Gasteiger partial charge is 0.464 e. The van der Waals surface area contributed by atoms with Crippen molar-refractivity contribution in [2.75, 3.05) is 0 Å². The van der Waals surface area contributed by atoms with Crippen LogP contribution in [0.3, 0.4) is 0 Å². The minimum Gasteiger partial charge on any atom is -0.464 e. The topological polar surface area (TPSA) is 35.1 Å². The first kappa shape index (κ1) is 13.6. The van der Waals surface area contributed by atoms with E-state index in [0.717, 1.165) is 22.3 Å². The molecule has 0 unspecified atom stereocenters. The van der Waals surface area contributed by atoms with E-state index in [4.69, 9.17) is 4.42 Å². The van der Waals surface area contributed by atoms with Gasteiger partial charge < -0.3 is 8.98 Å². The molecule has 4 rings (SSSR count). The smallest absolute Gasteiger partial charge is 0.258 e. The van der Waals surface area contributed by atoms with E-state index in [1.807, 2.05) is 72.9 Å². The van der Waals surface area contributed by atoms with Gasteiger partial charge in [0.05, 0.1) is 12.8 Å². The summed E-state index contributed by atoms with van der Waals surface area (Å²) >= 11 is 0. The maximum atomic E-state index is 12.8. The van der Waals surface area contributed by atoms with Crippen molar-refractivity contribution >= 4 is 10.8 Å². The van der Waals surface area contributed by atoms with Crippen LogP contribution in [0.1, 0.15) is 5.56 Å². The summed E-state index contributed by atoms with van der Waals surface area (Å²) in [5.41, 5.74) is 2.04. The van der Waals surface area contributed by atoms with Gasteiger partial charge in [-0.2, -0.15) is 0 Å². The molecule has 2 aromatic carbocycles. The van der Waals surface area contributed by atoms with Crippen molar-refractivity contribution in [3.8, 4) is 11.3 Å². The number of fused-ring (bicyclic) bond motifs is 1. The van der Waals surface area contributed by atoms with Gasteiger partial charge in [0.1, 0.15) is 5.76 Å². The molecule has 0 fully saturated rings. The van der Waals surface area contributed by atoms with E-state index in [1.54, 1.807) is 10.8 Å². The van der Waals surface area contributed by atoms with Gasteiger partial charge >= 0.3 is 0 Å². The number of furan rings is 1. The monoisotopic (exact) mass is 301 g/mol. The fraction of sp³-hybridized carbons (Fsp3) is 0.0500. The van der Waals surface area contributed by atoms with Gasteiger partial charge in [0.25, 0.3) is 5.56 Å². The number of aromatic nitrogens is 1. The van der Waals surface area contributed by atoms with Crippen molar-refractivity contribution in [2.45, 2.75) is 6.54 Å². The molecule has 0 aliphatic carbocycles. The molecule has 0 spiro atoms. The van der Waals surface area contributed by atoms with Crippen LogP contribution in [-0.4, -0.2) is 4.57 Å². The van der Waals surface area contributed by atoms with Crippen molar-refractivity contribution in [2.24, 2.45) is 0 Å². The average molecular weight is 301 g/mol. The lowest BCUT2D eigenvalue weighted by molar-refractivity contribution is 0.581. The van der Waals surface area contributed by atoms with Crippen LogP contribution in [-0.2, 0) is 6.54 Å². The van der Waals surface area contributed by atoms with Crippen LogP contribution in [0.15, 0.2) is 88.4 Å². The third-order valence-corrected chi connectivity index (χ3v) is 3.98. The zero-order chi connectivity index (χ0) is 15.6. The Hall–Kier alpha value is -3.07. The second kappa shape index (κ2) is 5.61. The summed E-state index contributed by atoms with van der Waals surface area (Å²) in [7, 11) is 0. The summed E-state index contributed by atoms with van der Waals surface area (Å²) < 4.78 is 7.30. The predicted molar refractivity (Wildman–Crippen MR) is 91.5 cm³/mol. The van der Waals surface area contributed by atoms with Gasteiger partial charge in [0.15, 0.2) is 0 Å². The lowest BCUT2D eigenvalue weighted by atomic mass is 10.1. The van der Waals surface area contributed by atoms with Gasteiger partial charge in [-0.15, -0.1) is 0 Å². The molecule has 0 aliphatic rings. The highest BCUT2D eigenvalue weighted by molar-refractivity contribution is 5.94. The number of nitrogens with zero attached hydrogens (tertiary/aromatic N) is 1. The van der Waals surface area contributed by atoms with E-state index in [0.29, 0.717) is 11.9 Å². The molecule has 0 saturated heterocycles. The third-order valence-electron chi connectivity index (χ3n) is 3.98. The highest BCUT2D eigenvalue weighted by Gasteiger charge is 2.12. The minimum atomic E-state index is 0.0137. The predicted octanol–water partition coefficient (Wildman–Crippen LogP) is 4.31. The molecule has 0 bridgehead atoms. The van der Waals surface area contributed by atoms with Crippen molar-refractivity contribution in [1.29, 1.82) is 0 Å². The van der Waals surface area contributed by atoms with Crippen molar-refractivity contribution < 1.29 is 4.42 Å². The Kier molecular flexibility index (Phi) is 3.31. The molecule has 2 heterocycles. The average Bonchev–Trinajstić information content (AvgIpc) is 3.13. The first-order valence-corrected chi connectivity index (χ1v) is 7.53. The molecule has 23 heavy (non-hydrogen) atoms. The highest BCUT2D eigenvalue weighted by Crippen LogP contribution is 2.27. The zero-order valence-corrected chi connectivity index (χ0v) is 12.5. The summed E-state index contributed by atoms with van der Waals surface area (Å²) in [4.78, 5) is 12.8. The third kappa shape index (κ3) is 2.46. The van der Waals surface area contributed by atoms with Gasteiger partial charge in [-0.3, -0.25) is 4.79 Å². The van der Waals surface area contributed by atoms with E-state index in [2.05, 4.69) is 0 Å². The summed E-state index contributed by atoms with van der Waals surface area (Å²) in [6.07, 6.45) is 3.53. The number of benzene rings is 2. The lowest BCUT2D eigenvalue weighted by Gasteiger charge is -2.11. The van der Waals surface area contributed by atoms with Gasteiger partial charge in [-0.05, 0) is 29.1 Å². The van der Waals surface area contributed by atoms with Gasteiger partial charge in [-0.25, -0.2) is 0 Å². The zero-order valence-electron chi connectivity index (χ0n) is 12.5. The van der Waals surface area contributed by atoms with Crippen molar-refractivity contribution in [1.82, 2.24) is 4.57 Å². The molecular weight excluding hydrogens is 286 g/mol. The normalized spacial score (nSPS) is 11.0. The van der Waals surface area contributed by atoms with Crippen LogP contribution in [0.4, 0.5) is 0 Å². The number of hydrogen-bond donors (Lipinski definition) is 0. The van der Waals surface area contributed by atoms with E-state index >= 15 is 0 Å². The summed E-state index contributed by atoms with van der Waals surface area (Å²) in [5.74, 6) is 0.767. The highest BCUT2D eigenvalue weighted by atomic mass is 16.3. The Morgan fingerprint density at radius 2 is 1.57 bits per heavy atom. The molecule has 4 aromatic rings. The molecule has 0 radical (unpaired) electrons. The molecule has 0 saturated carbocycles. The Bertz CT molecular complexity index is 999. The maximum absolute atomic E-state index is 12.8. The quantitative estimate of drug-likeness (QED) is 0.565. The van der Waals surface area contributed by atoms with E-state index < -0.39 is 0 Å². The van der Waals surface area contributed by atoms with Gasteiger partial charge in [0.2, 0.25) is 0 Å². The Balaban J connectivity index is 1.95. The second-order valence-corrected chi connectivity index (χ2v) is 5.48. The Labute approximate surface area is 133 Å². The summed E-state index contributed by atoms with van der Waals surface area (Å²) in [6, 6.07) is 21.4. The van der Waals surface area contributed by atoms with Crippen molar-refractivity contribution in [3.63, 3.8) is 0 Å². The Morgan fingerprint density at radius 1 is 0.826 bits per heavy atom. The number of pyridine rings is 1. The molecule has 112 valence electrons. The molecule has 2 aromatic heterocycles. The van der Waals surface area contributed by atoms with Gasteiger partial charge in [-0.1, -0.05) is 48.5 Å². The van der Waals surface area contributed by atoms with E-state index in [9.17, 15) is 4.79 Å². The van der Waals surface area contributed by atoms with Crippen molar-refractivity contribution in [3.05, 3.63) is 95.1 Å². The molecule has 0 aliphatic heterocycles. The first-order valence-electron chi connectivity index (χ1n) is 7.53. The van der Waals surface area contributed by atoms with Crippen LogP contribution in [0.2, 0.25) is 0 Å². The number of rotatable bonds is 3. The fourth-order valence-corrected chi connectivity index (χ4v) is 2.87. The SMILES string of the molecule is O=c1c2ccccc2c(-c2ccco2)cn1Cc1ccccc1. The maximum Gasteiger partial charge on any atom is 0.258 e. The standard InChI is InChI=1S/C20H15NO2/c22-20-17-10-5-4-9-16(17)18(19-11-6-12-23-19)14-21(20)13-15-7-2-1-3-8-15/h1-12,14H,13H2. The van der Waals surface area contributed by atoms with Crippen LogP contribution < -0.4 is 5.56 Å². The molecule has 0 N–H and O–H groups in total. The summed E-state index contributed by atoms with van der Waals surface area (Å²) in [6.45, 7) is 0.540. The fourth-order valence-electron chi connectivity index (χ4n) is 2.87. The lowest BCUT2D eigenvalue weighted by Crippen LogP contribution is -2.20. The van der Waals surface area contributed by atoms with Crippen LogP contribution in [0.25, 0.3) is 22.1 Å². The first-order chi connectivity index (χ1) is 11.3. The molecule has 0 atom stereocenters. The van der Waals surface area contributed by atoms with Gasteiger partial charge in [0, 0.05) is 17.1 Å². The number of hydrogen-bond acceptors (Lipinski definition) is 2. The van der Waals surface area contributed by atoms with Crippen LogP contribution in [0.5, 0.6) is 0 Å².